The van der Waals surface area contributed by atoms with Gasteiger partial charge in [-0.1, -0.05) is 19.1 Å². The van der Waals surface area contributed by atoms with Crippen molar-refractivity contribution in [3.8, 4) is 5.75 Å². The Hall–Kier alpha value is -1.97. The van der Waals surface area contributed by atoms with Gasteiger partial charge in [0.05, 0.1) is 25.0 Å². The molecule has 1 aromatic carbocycles. The van der Waals surface area contributed by atoms with Crippen LogP contribution in [0, 0.1) is 0 Å². The van der Waals surface area contributed by atoms with Crippen LogP contribution < -0.4 is 10.1 Å². The van der Waals surface area contributed by atoms with Gasteiger partial charge in [0.2, 0.25) is 0 Å². The molecule has 4 heteroatoms. The first-order chi connectivity index (χ1) is 9.63. The molecule has 0 aliphatic heterocycles. The monoisotopic (exact) mass is 273 g/mol. The number of anilines is 1. The molecule has 1 atom stereocenters. The van der Waals surface area contributed by atoms with Crippen molar-refractivity contribution < 1.29 is 4.74 Å². The lowest BCUT2D eigenvalue weighted by atomic mass is 10.0. The van der Waals surface area contributed by atoms with E-state index in [0.29, 0.717) is 6.04 Å². The van der Waals surface area contributed by atoms with E-state index in [-0.39, 0.29) is 6.04 Å². The molecular formula is C16H23N3O. The number of rotatable bonds is 6. The number of methoxy groups -OCH3 is 1. The van der Waals surface area contributed by atoms with Gasteiger partial charge >= 0.3 is 0 Å². The molecule has 0 saturated heterocycles. The van der Waals surface area contributed by atoms with Crippen molar-refractivity contribution in [1.82, 2.24) is 9.78 Å². The highest BCUT2D eigenvalue weighted by Crippen LogP contribution is 2.24. The molecule has 0 radical (unpaired) electrons. The van der Waals surface area contributed by atoms with Gasteiger partial charge in [-0.15, -0.1) is 0 Å². The number of ether oxygens (including phenoxy) is 1. The van der Waals surface area contributed by atoms with Gasteiger partial charge in [0.25, 0.3) is 0 Å². The number of aromatic nitrogens is 2. The summed E-state index contributed by atoms with van der Waals surface area (Å²) in [6, 6.07) is 8.87. The van der Waals surface area contributed by atoms with E-state index in [0.717, 1.165) is 17.9 Å². The predicted octanol–water partition coefficient (Wildman–Crippen LogP) is 4.04. The molecule has 0 bridgehead atoms. The zero-order valence-corrected chi connectivity index (χ0v) is 12.6. The fourth-order valence-electron chi connectivity index (χ4n) is 2.15. The molecule has 2 rings (SSSR count). The van der Waals surface area contributed by atoms with Gasteiger partial charge < -0.3 is 10.1 Å². The maximum absolute atomic E-state index is 5.20. The Morgan fingerprint density at radius 3 is 2.45 bits per heavy atom. The van der Waals surface area contributed by atoms with Gasteiger partial charge in [-0.3, -0.25) is 4.68 Å². The molecule has 4 nitrogen and oxygen atoms in total. The van der Waals surface area contributed by atoms with Crippen LogP contribution >= 0.6 is 0 Å². The number of hydrogen-bond acceptors (Lipinski definition) is 3. The zero-order valence-electron chi connectivity index (χ0n) is 12.6. The number of benzene rings is 1. The van der Waals surface area contributed by atoms with Crippen LogP contribution in [0.2, 0.25) is 0 Å². The molecule has 0 aliphatic carbocycles. The van der Waals surface area contributed by atoms with Gasteiger partial charge in [0.1, 0.15) is 5.75 Å². The lowest BCUT2D eigenvalue weighted by molar-refractivity contribution is 0.414. The van der Waals surface area contributed by atoms with Gasteiger partial charge in [-0.05, 0) is 38.0 Å². The fourth-order valence-corrected chi connectivity index (χ4v) is 2.15. The van der Waals surface area contributed by atoms with Crippen LogP contribution in [0.25, 0.3) is 0 Å². The van der Waals surface area contributed by atoms with Crippen molar-refractivity contribution in [2.75, 3.05) is 12.4 Å². The van der Waals surface area contributed by atoms with Crippen molar-refractivity contribution in [1.29, 1.82) is 0 Å². The van der Waals surface area contributed by atoms with Gasteiger partial charge in [0, 0.05) is 12.2 Å². The molecule has 2 aromatic rings. The highest BCUT2D eigenvalue weighted by atomic mass is 16.5. The molecule has 0 spiro atoms. The van der Waals surface area contributed by atoms with Crippen LogP contribution in [0.15, 0.2) is 36.7 Å². The number of nitrogens with one attached hydrogen (secondary N) is 1. The Bertz CT molecular complexity index is 531. The van der Waals surface area contributed by atoms with E-state index in [2.05, 4.69) is 49.5 Å². The van der Waals surface area contributed by atoms with Gasteiger partial charge in [-0.25, -0.2) is 0 Å². The molecule has 1 aromatic heterocycles. The van der Waals surface area contributed by atoms with E-state index in [4.69, 9.17) is 4.74 Å². The second kappa shape index (κ2) is 6.46. The highest BCUT2D eigenvalue weighted by molar-refractivity contribution is 5.42. The quantitative estimate of drug-likeness (QED) is 0.863. The minimum atomic E-state index is 0.283. The molecule has 108 valence electrons. The molecule has 0 aliphatic rings. The van der Waals surface area contributed by atoms with Gasteiger partial charge in [0.15, 0.2) is 0 Å². The maximum atomic E-state index is 5.20. The van der Waals surface area contributed by atoms with Crippen LogP contribution in [0.4, 0.5) is 5.69 Å². The van der Waals surface area contributed by atoms with Crippen molar-refractivity contribution in [2.45, 2.75) is 39.3 Å². The first-order valence-electron chi connectivity index (χ1n) is 7.08. The smallest absolute Gasteiger partial charge is 0.118 e. The summed E-state index contributed by atoms with van der Waals surface area (Å²) in [5.41, 5.74) is 2.31. The number of hydrogen-bond donors (Lipinski definition) is 1. The van der Waals surface area contributed by atoms with Gasteiger partial charge in [-0.2, -0.15) is 5.10 Å². The lowest BCUT2D eigenvalue weighted by Gasteiger charge is -2.17. The molecule has 1 N–H and O–H groups in total. The average Bonchev–Trinajstić information content (AvgIpc) is 2.94. The first-order valence-corrected chi connectivity index (χ1v) is 7.08. The molecular weight excluding hydrogens is 250 g/mol. The molecule has 0 fully saturated rings. The predicted molar refractivity (Wildman–Crippen MR) is 82.3 cm³/mol. The Morgan fingerprint density at radius 2 is 1.95 bits per heavy atom. The van der Waals surface area contributed by atoms with Crippen molar-refractivity contribution in [3.05, 3.63) is 42.2 Å². The normalized spacial score (nSPS) is 12.4. The Balaban J connectivity index is 2.10. The highest BCUT2D eigenvalue weighted by Gasteiger charge is 2.11. The third kappa shape index (κ3) is 3.32. The SMILES string of the molecule is CCC(Nc1cnn(C(C)C)c1)c1ccc(OC)cc1. The topological polar surface area (TPSA) is 39.1 Å². The van der Waals surface area contributed by atoms with Crippen LogP contribution in [0.1, 0.15) is 44.8 Å². The molecule has 20 heavy (non-hydrogen) atoms. The van der Waals surface area contributed by atoms with Crippen LogP contribution in [-0.4, -0.2) is 16.9 Å². The largest absolute Gasteiger partial charge is 0.497 e. The third-order valence-electron chi connectivity index (χ3n) is 3.40. The van der Waals surface area contributed by atoms with Crippen molar-refractivity contribution in [2.24, 2.45) is 0 Å². The maximum Gasteiger partial charge on any atom is 0.118 e. The van der Waals surface area contributed by atoms with E-state index in [1.54, 1.807) is 7.11 Å². The standard InChI is InChI=1S/C16H23N3O/c1-5-16(13-6-8-15(20-4)9-7-13)18-14-10-17-19(11-14)12(2)3/h6-12,16,18H,5H2,1-4H3. The van der Waals surface area contributed by atoms with Crippen LogP contribution in [-0.2, 0) is 0 Å². The second-order valence-corrected chi connectivity index (χ2v) is 5.18. The van der Waals surface area contributed by atoms with Crippen LogP contribution in [0.5, 0.6) is 5.75 Å². The summed E-state index contributed by atoms with van der Waals surface area (Å²) in [5.74, 6) is 0.885. The Morgan fingerprint density at radius 1 is 1.25 bits per heavy atom. The Labute approximate surface area is 120 Å². The van der Waals surface area contributed by atoms with Crippen molar-refractivity contribution >= 4 is 5.69 Å². The van der Waals surface area contributed by atoms with Crippen molar-refractivity contribution in [3.63, 3.8) is 0 Å². The molecule has 1 heterocycles. The van der Waals surface area contributed by atoms with E-state index in [1.165, 1.54) is 5.56 Å². The summed E-state index contributed by atoms with van der Waals surface area (Å²) in [4.78, 5) is 0. The summed E-state index contributed by atoms with van der Waals surface area (Å²) in [7, 11) is 1.69. The second-order valence-electron chi connectivity index (χ2n) is 5.18. The fraction of sp³-hybridized carbons (Fsp3) is 0.438. The van der Waals surface area contributed by atoms with E-state index in [9.17, 15) is 0 Å². The number of nitrogens with zero attached hydrogens (tertiary/aromatic N) is 2. The van der Waals surface area contributed by atoms with Crippen LogP contribution in [0.3, 0.4) is 0 Å². The summed E-state index contributed by atoms with van der Waals surface area (Å²) in [5, 5.41) is 7.89. The van der Waals surface area contributed by atoms with E-state index < -0.39 is 0 Å². The molecule has 1 unspecified atom stereocenters. The third-order valence-corrected chi connectivity index (χ3v) is 3.40. The average molecular weight is 273 g/mol. The summed E-state index contributed by atoms with van der Waals surface area (Å²) < 4.78 is 7.16. The zero-order chi connectivity index (χ0) is 14.5. The summed E-state index contributed by atoms with van der Waals surface area (Å²) in [6.45, 7) is 6.42. The summed E-state index contributed by atoms with van der Waals surface area (Å²) in [6.07, 6.45) is 4.95. The minimum absolute atomic E-state index is 0.283. The lowest BCUT2D eigenvalue weighted by Crippen LogP contribution is -2.09. The molecule has 0 saturated carbocycles. The molecule has 0 amide bonds. The Kier molecular flexibility index (Phi) is 4.66. The first kappa shape index (κ1) is 14.4. The van der Waals surface area contributed by atoms with E-state index in [1.807, 2.05) is 23.0 Å². The van der Waals surface area contributed by atoms with E-state index >= 15 is 0 Å². The summed E-state index contributed by atoms with van der Waals surface area (Å²) >= 11 is 0. The minimum Gasteiger partial charge on any atom is -0.497 e.